The van der Waals surface area contributed by atoms with Crippen LogP contribution in [0.5, 0.6) is 0 Å². The van der Waals surface area contributed by atoms with Crippen LogP contribution in [0.25, 0.3) is 0 Å². The van der Waals surface area contributed by atoms with Crippen molar-refractivity contribution in [3.63, 3.8) is 0 Å². The Morgan fingerprint density at radius 3 is 1.28 bits per heavy atom. The van der Waals surface area contributed by atoms with Crippen molar-refractivity contribution < 1.29 is 0 Å². The van der Waals surface area contributed by atoms with Crippen LogP contribution in [-0.2, 0) is 0 Å². The van der Waals surface area contributed by atoms with Crippen LogP contribution in [0.4, 0.5) is 0 Å². The molecule has 0 aliphatic heterocycles. The van der Waals surface area contributed by atoms with Gasteiger partial charge < -0.3 is 0 Å². The monoisotopic (exact) mass is 741 g/mol. The predicted octanol–water partition coefficient (Wildman–Crippen LogP) is 13.9. The molecular formula is C52H88N2. The molecule has 2 nitrogen and oxygen atoms in total. The molecule has 0 radical (unpaired) electrons. The third kappa shape index (κ3) is 6.59. The predicted molar refractivity (Wildman–Crippen MR) is 227 cm³/mol. The highest BCUT2D eigenvalue weighted by Gasteiger charge is 2.60. The highest BCUT2D eigenvalue weighted by Crippen LogP contribution is 2.66. The molecule has 0 aromatic carbocycles. The van der Waals surface area contributed by atoms with Crippen molar-refractivity contribution in [1.82, 2.24) is 9.80 Å². The average molecular weight is 741 g/mol. The molecule has 0 N–H and O–H groups in total. The maximum atomic E-state index is 3.45. The molecule has 306 valence electrons. The van der Waals surface area contributed by atoms with Gasteiger partial charge in [0, 0.05) is 36.3 Å². The summed E-state index contributed by atoms with van der Waals surface area (Å²) in [5, 5.41) is 0. The van der Waals surface area contributed by atoms with E-state index in [1.807, 2.05) is 0 Å². The maximum Gasteiger partial charge on any atom is 0.0132 e. The van der Waals surface area contributed by atoms with Crippen LogP contribution in [0.3, 0.4) is 0 Å². The number of rotatable bonds is 6. The fraction of sp³-hybridized carbons (Fsp3) is 1.00. The lowest BCUT2D eigenvalue weighted by molar-refractivity contribution is -0.0599. The number of nitrogens with zero attached hydrogens (tertiary/aromatic N) is 2. The first-order valence-electron chi connectivity index (χ1n) is 25.9. The van der Waals surface area contributed by atoms with Crippen molar-refractivity contribution in [2.24, 2.45) is 70.0 Å². The van der Waals surface area contributed by atoms with Gasteiger partial charge in [-0.2, -0.15) is 0 Å². The van der Waals surface area contributed by atoms with Crippen LogP contribution in [0, 0.1) is 70.0 Å². The van der Waals surface area contributed by atoms with Crippen LogP contribution in [0.2, 0.25) is 0 Å². The zero-order chi connectivity index (χ0) is 36.6. The smallest absolute Gasteiger partial charge is 0.0132 e. The van der Waals surface area contributed by atoms with E-state index in [2.05, 4.69) is 37.5 Å². The Balaban J connectivity index is 0.912. The fourth-order valence-electron chi connectivity index (χ4n) is 19.4. The zero-order valence-corrected chi connectivity index (χ0v) is 36.3. The summed E-state index contributed by atoms with van der Waals surface area (Å²) in [6.07, 6.45) is 46.1. The zero-order valence-electron chi connectivity index (χ0n) is 36.3. The van der Waals surface area contributed by atoms with Crippen LogP contribution >= 0.6 is 0 Å². The Morgan fingerprint density at radius 1 is 0.296 bits per heavy atom. The van der Waals surface area contributed by atoms with Crippen LogP contribution < -0.4 is 0 Å². The molecule has 0 amide bonds. The van der Waals surface area contributed by atoms with Gasteiger partial charge in [0.1, 0.15) is 0 Å². The Kier molecular flexibility index (Phi) is 11.0. The molecular weight excluding hydrogens is 653 g/mol. The molecule has 13 unspecified atom stereocenters. The Morgan fingerprint density at radius 2 is 0.704 bits per heavy atom. The number of fused-ring (bicyclic) bond motifs is 7. The maximum absolute atomic E-state index is 3.45. The Bertz CT molecular complexity index is 1190. The molecule has 0 spiro atoms. The van der Waals surface area contributed by atoms with Crippen LogP contribution in [0.15, 0.2) is 0 Å². The van der Waals surface area contributed by atoms with E-state index < -0.39 is 0 Å². The Labute approximate surface area is 335 Å². The first-order valence-corrected chi connectivity index (χ1v) is 25.9. The quantitative estimate of drug-likeness (QED) is 0.268. The summed E-state index contributed by atoms with van der Waals surface area (Å²) in [5.74, 6) is 10.4. The molecule has 10 saturated carbocycles. The minimum absolute atomic E-state index is 0.566. The molecule has 10 rings (SSSR count). The third-order valence-corrected chi connectivity index (χ3v) is 21.6. The molecule has 0 bridgehead atoms. The number of hydrogen-bond donors (Lipinski definition) is 0. The SMILES string of the molecule is CC1(C)C2CCCCC2C2CCC(N(C3CCC(N(C4CCCCC4)C4CCCC5CCCCC54)CC3)C3CCC4C5CCCCC5C(C)(C)C4C3)CC21. The van der Waals surface area contributed by atoms with Crippen LogP contribution in [-0.4, -0.2) is 46.1 Å². The molecule has 54 heavy (non-hydrogen) atoms. The molecule has 2 heteroatoms. The van der Waals surface area contributed by atoms with Gasteiger partial charge in [-0.25, -0.2) is 0 Å². The van der Waals surface area contributed by atoms with E-state index in [1.54, 1.807) is 83.5 Å². The lowest BCUT2D eigenvalue weighted by Gasteiger charge is -2.56. The van der Waals surface area contributed by atoms with E-state index in [-0.39, 0.29) is 0 Å². The van der Waals surface area contributed by atoms with Crippen molar-refractivity contribution in [2.45, 2.75) is 257 Å². The fourth-order valence-corrected chi connectivity index (χ4v) is 19.4. The minimum atomic E-state index is 0.566. The summed E-state index contributed by atoms with van der Waals surface area (Å²) in [7, 11) is 0. The van der Waals surface area contributed by atoms with Gasteiger partial charge in [0.15, 0.2) is 0 Å². The van der Waals surface area contributed by atoms with Gasteiger partial charge in [0.05, 0.1) is 0 Å². The second kappa shape index (κ2) is 15.5. The Hall–Kier alpha value is -0.0800. The summed E-state index contributed by atoms with van der Waals surface area (Å²) in [4.78, 5) is 6.81. The molecule has 0 aromatic heterocycles. The van der Waals surface area contributed by atoms with Gasteiger partial charge in [-0.05, 0) is 186 Å². The van der Waals surface area contributed by atoms with E-state index in [4.69, 9.17) is 0 Å². The van der Waals surface area contributed by atoms with Crippen molar-refractivity contribution in [2.75, 3.05) is 0 Å². The van der Waals surface area contributed by atoms with Crippen molar-refractivity contribution in [3.05, 3.63) is 0 Å². The lowest BCUT2D eigenvalue weighted by Crippen LogP contribution is -2.59. The summed E-state index contributed by atoms with van der Waals surface area (Å²) in [6.45, 7) is 11.1. The summed E-state index contributed by atoms with van der Waals surface area (Å²) < 4.78 is 0. The molecule has 0 saturated heterocycles. The van der Waals surface area contributed by atoms with E-state index in [0.717, 1.165) is 95.4 Å². The molecule has 10 aliphatic carbocycles. The van der Waals surface area contributed by atoms with Crippen molar-refractivity contribution in [1.29, 1.82) is 0 Å². The largest absolute Gasteiger partial charge is 0.294 e. The topological polar surface area (TPSA) is 6.48 Å². The first-order chi connectivity index (χ1) is 26.3. The van der Waals surface area contributed by atoms with Gasteiger partial charge in [-0.3, -0.25) is 9.80 Å². The van der Waals surface area contributed by atoms with Gasteiger partial charge in [-0.1, -0.05) is 105 Å². The second-order valence-electron chi connectivity index (χ2n) is 24.1. The van der Waals surface area contributed by atoms with Gasteiger partial charge in [0.25, 0.3) is 0 Å². The molecule has 13 atom stereocenters. The van der Waals surface area contributed by atoms with Gasteiger partial charge >= 0.3 is 0 Å². The lowest BCUT2D eigenvalue weighted by atomic mass is 9.65. The molecule has 0 heterocycles. The molecule has 10 fully saturated rings. The van der Waals surface area contributed by atoms with E-state index in [0.29, 0.717) is 10.8 Å². The van der Waals surface area contributed by atoms with Gasteiger partial charge in [0.2, 0.25) is 0 Å². The summed E-state index contributed by atoms with van der Waals surface area (Å²) in [6, 6.07) is 5.33. The van der Waals surface area contributed by atoms with Crippen LogP contribution in [0.1, 0.15) is 220 Å². The average Bonchev–Trinajstić information content (AvgIpc) is 3.58. The number of hydrogen-bond acceptors (Lipinski definition) is 2. The van der Waals surface area contributed by atoms with E-state index in [1.165, 1.54) is 109 Å². The van der Waals surface area contributed by atoms with E-state index in [9.17, 15) is 0 Å². The second-order valence-corrected chi connectivity index (χ2v) is 24.1. The molecule has 10 aliphatic rings. The van der Waals surface area contributed by atoms with Gasteiger partial charge in [-0.15, -0.1) is 0 Å². The highest BCUT2D eigenvalue weighted by molar-refractivity contribution is 5.10. The normalized spacial score (nSPS) is 49.1. The standard InChI is InChI=1S/C52H88N2/c1-51(2)46-22-12-10-20-42(46)44-31-29-39(33-48(44)51)53(40-30-32-45-43-21-11-13-23-47(43)52(3,4)49(45)34-40)37-25-27-38(28-26-37)54(36-17-6-5-7-18-36)50-24-14-16-35-15-8-9-19-41(35)50/h35-50H,5-34H2,1-4H3. The third-order valence-electron chi connectivity index (χ3n) is 21.6. The van der Waals surface area contributed by atoms with Crippen molar-refractivity contribution in [3.8, 4) is 0 Å². The summed E-state index contributed by atoms with van der Waals surface area (Å²) in [5.41, 5.74) is 1.13. The minimum Gasteiger partial charge on any atom is -0.294 e. The van der Waals surface area contributed by atoms with Crippen molar-refractivity contribution >= 4 is 0 Å². The van der Waals surface area contributed by atoms with E-state index >= 15 is 0 Å². The summed E-state index contributed by atoms with van der Waals surface area (Å²) >= 11 is 0. The highest BCUT2D eigenvalue weighted by atomic mass is 15.3. The first kappa shape index (κ1) is 38.1. The molecule has 0 aromatic rings.